The highest BCUT2D eigenvalue weighted by Crippen LogP contribution is 2.24. The van der Waals surface area contributed by atoms with E-state index in [1.165, 1.54) is 0 Å². The molecule has 1 saturated heterocycles. The third kappa shape index (κ3) is 2.66. The Labute approximate surface area is 102 Å². The fourth-order valence-corrected chi connectivity index (χ4v) is 2.36. The summed E-state index contributed by atoms with van der Waals surface area (Å²) in [5, 5.41) is 14.4. The van der Waals surface area contributed by atoms with Gasteiger partial charge in [-0.1, -0.05) is 6.92 Å². The molecule has 1 aromatic rings. The second-order valence-electron chi connectivity index (χ2n) is 5.09. The summed E-state index contributed by atoms with van der Waals surface area (Å²) in [7, 11) is 0. The van der Waals surface area contributed by atoms with Gasteiger partial charge in [-0.05, 0) is 26.2 Å². The first-order chi connectivity index (χ1) is 8.09. The van der Waals surface area contributed by atoms with Gasteiger partial charge in [0.15, 0.2) is 0 Å². The van der Waals surface area contributed by atoms with E-state index >= 15 is 0 Å². The zero-order valence-corrected chi connectivity index (χ0v) is 10.7. The number of rotatable bonds is 4. The van der Waals surface area contributed by atoms with E-state index in [1.807, 2.05) is 4.68 Å². The van der Waals surface area contributed by atoms with Gasteiger partial charge in [0.2, 0.25) is 0 Å². The molecule has 3 unspecified atom stereocenters. The van der Waals surface area contributed by atoms with Crippen molar-refractivity contribution in [1.82, 2.24) is 14.8 Å². The molecule has 1 aliphatic rings. The number of hydrogen-bond acceptors (Lipinski definition) is 4. The van der Waals surface area contributed by atoms with Gasteiger partial charge in [-0.25, -0.2) is 9.67 Å². The Kier molecular flexibility index (Phi) is 3.79. The van der Waals surface area contributed by atoms with Crippen molar-refractivity contribution in [2.45, 2.75) is 51.9 Å². The molecule has 1 aliphatic heterocycles. The van der Waals surface area contributed by atoms with Crippen molar-refractivity contribution in [2.75, 3.05) is 6.61 Å². The van der Waals surface area contributed by atoms with E-state index < -0.39 is 6.10 Å². The molecule has 0 bridgehead atoms. The summed E-state index contributed by atoms with van der Waals surface area (Å²) < 4.78 is 7.42. The van der Waals surface area contributed by atoms with Gasteiger partial charge in [-0.15, -0.1) is 0 Å². The number of aromatic nitrogens is 3. The Morgan fingerprint density at radius 2 is 2.35 bits per heavy atom. The summed E-state index contributed by atoms with van der Waals surface area (Å²) in [6, 6.07) is 0.265. The Morgan fingerprint density at radius 1 is 1.59 bits per heavy atom. The third-order valence-electron chi connectivity index (χ3n) is 3.35. The molecule has 5 heteroatoms. The van der Waals surface area contributed by atoms with Crippen LogP contribution in [0.25, 0.3) is 0 Å². The zero-order valence-electron chi connectivity index (χ0n) is 10.7. The smallest absolute Gasteiger partial charge is 0.138 e. The monoisotopic (exact) mass is 239 g/mol. The van der Waals surface area contributed by atoms with Crippen molar-refractivity contribution in [2.24, 2.45) is 5.92 Å². The molecule has 96 valence electrons. The quantitative estimate of drug-likeness (QED) is 0.857. The van der Waals surface area contributed by atoms with Gasteiger partial charge in [0.25, 0.3) is 0 Å². The van der Waals surface area contributed by atoms with Gasteiger partial charge in [0.1, 0.15) is 12.2 Å². The second kappa shape index (κ2) is 5.14. The molecule has 1 fully saturated rings. The second-order valence-corrected chi connectivity index (χ2v) is 5.09. The van der Waals surface area contributed by atoms with Crippen LogP contribution in [0.4, 0.5) is 0 Å². The fraction of sp³-hybridized carbons (Fsp3) is 0.833. The summed E-state index contributed by atoms with van der Waals surface area (Å²) >= 11 is 0. The minimum Gasteiger partial charge on any atom is -0.390 e. The van der Waals surface area contributed by atoms with Gasteiger partial charge in [-0.3, -0.25) is 0 Å². The average molecular weight is 239 g/mol. The van der Waals surface area contributed by atoms with E-state index in [-0.39, 0.29) is 12.1 Å². The Morgan fingerprint density at radius 3 is 2.94 bits per heavy atom. The van der Waals surface area contributed by atoms with Crippen LogP contribution in [-0.2, 0) is 11.2 Å². The normalized spacial score (nSPS) is 26.6. The summed E-state index contributed by atoms with van der Waals surface area (Å²) in [5.41, 5.74) is 0. The van der Waals surface area contributed by atoms with Crippen molar-refractivity contribution in [3.8, 4) is 0 Å². The average Bonchev–Trinajstić information content (AvgIpc) is 2.86. The maximum atomic E-state index is 10.2. The van der Waals surface area contributed by atoms with Gasteiger partial charge in [0.05, 0.1) is 12.2 Å². The highest BCUT2D eigenvalue weighted by molar-refractivity contribution is 4.93. The van der Waals surface area contributed by atoms with Gasteiger partial charge >= 0.3 is 0 Å². The van der Waals surface area contributed by atoms with Crippen LogP contribution >= 0.6 is 0 Å². The van der Waals surface area contributed by atoms with Gasteiger partial charge in [-0.2, -0.15) is 5.10 Å². The lowest BCUT2D eigenvalue weighted by Crippen LogP contribution is -2.33. The lowest BCUT2D eigenvalue weighted by atomic mass is 9.97. The fourth-order valence-electron chi connectivity index (χ4n) is 2.36. The van der Waals surface area contributed by atoms with E-state index in [4.69, 9.17) is 4.74 Å². The van der Waals surface area contributed by atoms with E-state index in [1.54, 1.807) is 6.33 Å². The van der Waals surface area contributed by atoms with Crippen LogP contribution in [0.1, 0.15) is 39.1 Å². The highest BCUT2D eigenvalue weighted by Gasteiger charge is 2.31. The van der Waals surface area contributed by atoms with E-state index in [2.05, 4.69) is 30.9 Å². The number of nitrogens with zero attached hydrogens (tertiary/aromatic N) is 3. The molecule has 2 heterocycles. The molecule has 3 atom stereocenters. The molecule has 1 N–H and O–H groups in total. The molecular weight excluding hydrogens is 218 g/mol. The van der Waals surface area contributed by atoms with Gasteiger partial charge < -0.3 is 9.84 Å². The largest absolute Gasteiger partial charge is 0.390 e. The van der Waals surface area contributed by atoms with E-state index in [9.17, 15) is 5.11 Å². The summed E-state index contributed by atoms with van der Waals surface area (Å²) in [5.74, 6) is 1.25. The first-order valence-electron chi connectivity index (χ1n) is 6.27. The van der Waals surface area contributed by atoms with Crippen LogP contribution in [0.5, 0.6) is 0 Å². The lowest BCUT2D eigenvalue weighted by Gasteiger charge is -2.21. The zero-order chi connectivity index (χ0) is 12.4. The first kappa shape index (κ1) is 12.5. The van der Waals surface area contributed by atoms with Crippen molar-refractivity contribution in [3.05, 3.63) is 12.2 Å². The summed E-state index contributed by atoms with van der Waals surface area (Å²) in [6.07, 6.45) is 2.52. The molecule has 2 rings (SSSR count). The Hall–Kier alpha value is -0.940. The molecule has 5 nitrogen and oxygen atoms in total. The van der Waals surface area contributed by atoms with Crippen LogP contribution in [0.15, 0.2) is 6.33 Å². The standard InChI is InChI=1S/C12H21N3O2/c1-8(2)15-11(13-7-14-15)6-10(16)12-9(3)4-5-17-12/h7-10,12,16H,4-6H2,1-3H3. The molecule has 0 saturated carbocycles. The van der Waals surface area contributed by atoms with Crippen LogP contribution in [0.2, 0.25) is 0 Å². The van der Waals surface area contributed by atoms with Crippen molar-refractivity contribution in [1.29, 1.82) is 0 Å². The van der Waals surface area contributed by atoms with Crippen LogP contribution in [0.3, 0.4) is 0 Å². The summed E-state index contributed by atoms with van der Waals surface area (Å²) in [4.78, 5) is 4.21. The van der Waals surface area contributed by atoms with Crippen LogP contribution in [0, 0.1) is 5.92 Å². The maximum absolute atomic E-state index is 10.2. The van der Waals surface area contributed by atoms with E-state index in [0.29, 0.717) is 12.3 Å². The first-order valence-corrected chi connectivity index (χ1v) is 6.27. The number of ether oxygens (including phenoxy) is 1. The Balaban J connectivity index is 2.02. The number of hydrogen-bond donors (Lipinski definition) is 1. The SMILES string of the molecule is CC1CCOC1C(O)Cc1ncnn1C(C)C. The van der Waals surface area contributed by atoms with E-state index in [0.717, 1.165) is 18.9 Å². The highest BCUT2D eigenvalue weighted by atomic mass is 16.5. The van der Waals surface area contributed by atoms with Crippen molar-refractivity contribution >= 4 is 0 Å². The lowest BCUT2D eigenvalue weighted by molar-refractivity contribution is -0.0171. The summed E-state index contributed by atoms with van der Waals surface area (Å²) in [6.45, 7) is 6.98. The molecule has 0 aromatic carbocycles. The van der Waals surface area contributed by atoms with Crippen LogP contribution in [-0.4, -0.2) is 38.7 Å². The molecular formula is C12H21N3O2. The van der Waals surface area contributed by atoms with Gasteiger partial charge in [0, 0.05) is 19.1 Å². The molecule has 0 radical (unpaired) electrons. The minimum atomic E-state index is -0.491. The molecule has 0 spiro atoms. The Bertz CT molecular complexity index is 364. The third-order valence-corrected chi connectivity index (χ3v) is 3.35. The number of aliphatic hydroxyl groups excluding tert-OH is 1. The predicted molar refractivity (Wildman–Crippen MR) is 63.6 cm³/mol. The van der Waals surface area contributed by atoms with Crippen LogP contribution < -0.4 is 0 Å². The maximum Gasteiger partial charge on any atom is 0.138 e. The van der Waals surface area contributed by atoms with Crippen molar-refractivity contribution in [3.63, 3.8) is 0 Å². The molecule has 0 aliphatic carbocycles. The number of aliphatic hydroxyl groups is 1. The van der Waals surface area contributed by atoms with Crippen molar-refractivity contribution < 1.29 is 9.84 Å². The predicted octanol–water partition coefficient (Wildman–Crippen LogP) is 1.19. The molecule has 1 aromatic heterocycles. The topological polar surface area (TPSA) is 60.2 Å². The minimum absolute atomic E-state index is 0.0627. The molecule has 17 heavy (non-hydrogen) atoms. The molecule has 0 amide bonds.